The summed E-state index contributed by atoms with van der Waals surface area (Å²) in [6.07, 6.45) is 12.3. The summed E-state index contributed by atoms with van der Waals surface area (Å²) in [5, 5.41) is 10.1. The molecule has 0 amide bonds. The van der Waals surface area contributed by atoms with E-state index >= 15 is 0 Å². The van der Waals surface area contributed by atoms with Crippen LogP contribution in [-0.2, 0) is 0 Å². The lowest BCUT2D eigenvalue weighted by atomic mass is 9.47. The van der Waals surface area contributed by atoms with E-state index in [0.29, 0.717) is 16.9 Å². The highest BCUT2D eigenvalue weighted by Crippen LogP contribution is 2.66. The maximum Gasteiger partial charge on any atom is 0.0577 e. The minimum absolute atomic E-state index is 0.0892. The molecule has 4 aliphatic carbocycles. The number of hydrogen-bond acceptors (Lipinski definition) is 2. The highest BCUT2D eigenvalue weighted by atomic mass is 16.3. The van der Waals surface area contributed by atoms with Crippen molar-refractivity contribution in [3.63, 3.8) is 0 Å². The number of nitrogens with two attached hydrogens (primary N) is 1. The largest absolute Gasteiger partial charge is 0.393 e. The Labute approximate surface area is 141 Å². The van der Waals surface area contributed by atoms with Gasteiger partial charge in [-0.05, 0) is 92.8 Å². The van der Waals surface area contributed by atoms with Crippen LogP contribution in [0.2, 0.25) is 0 Å². The second-order valence-electron chi connectivity index (χ2n) is 9.74. The lowest BCUT2D eigenvalue weighted by molar-refractivity contribution is -0.0520. The molecule has 4 rings (SSSR count). The molecule has 0 spiro atoms. The van der Waals surface area contributed by atoms with Crippen LogP contribution in [0, 0.1) is 34.5 Å². The summed E-state index contributed by atoms with van der Waals surface area (Å²) in [4.78, 5) is 0. The third kappa shape index (κ3) is 2.20. The first kappa shape index (κ1) is 16.1. The minimum atomic E-state index is -0.0892. The predicted octanol–water partition coefficient (Wildman–Crippen LogP) is 4.27. The topological polar surface area (TPSA) is 46.2 Å². The molecule has 3 saturated carbocycles. The fourth-order valence-corrected chi connectivity index (χ4v) is 7.55. The van der Waals surface area contributed by atoms with Crippen LogP contribution in [0.15, 0.2) is 11.6 Å². The highest BCUT2D eigenvalue weighted by Gasteiger charge is 2.58. The first-order valence-corrected chi connectivity index (χ1v) is 9.99. The Morgan fingerprint density at radius 2 is 1.91 bits per heavy atom. The maximum absolute atomic E-state index is 10.1. The molecule has 0 aromatic rings. The summed E-state index contributed by atoms with van der Waals surface area (Å²) in [7, 11) is 0. The summed E-state index contributed by atoms with van der Waals surface area (Å²) in [6, 6.07) is 0.344. The van der Waals surface area contributed by atoms with Crippen molar-refractivity contribution in [2.75, 3.05) is 0 Å². The van der Waals surface area contributed by atoms with Crippen LogP contribution in [0.1, 0.15) is 72.1 Å². The van der Waals surface area contributed by atoms with Gasteiger partial charge in [0.25, 0.3) is 0 Å². The molecule has 0 bridgehead atoms. The minimum Gasteiger partial charge on any atom is -0.393 e. The number of rotatable bonds is 1. The Bertz CT molecular complexity index is 512. The molecule has 0 aliphatic heterocycles. The zero-order valence-corrected chi connectivity index (χ0v) is 15.2. The van der Waals surface area contributed by atoms with Gasteiger partial charge in [-0.25, -0.2) is 0 Å². The molecular weight excluding hydrogens is 282 g/mol. The van der Waals surface area contributed by atoms with Crippen molar-refractivity contribution in [3.8, 4) is 0 Å². The maximum atomic E-state index is 10.1. The molecule has 0 aromatic heterocycles. The molecule has 2 heteroatoms. The molecule has 8 atom stereocenters. The average molecular weight is 318 g/mol. The van der Waals surface area contributed by atoms with Crippen molar-refractivity contribution in [1.29, 1.82) is 0 Å². The third-order valence-electron chi connectivity index (χ3n) is 8.79. The Morgan fingerprint density at radius 1 is 1.13 bits per heavy atom. The van der Waals surface area contributed by atoms with Crippen LogP contribution in [0.4, 0.5) is 0 Å². The van der Waals surface area contributed by atoms with Crippen LogP contribution in [-0.4, -0.2) is 17.3 Å². The molecular formula is C21H35NO. The summed E-state index contributed by atoms with van der Waals surface area (Å²) in [5.41, 5.74) is 8.80. The smallest absolute Gasteiger partial charge is 0.0577 e. The molecule has 3 N–H and O–H groups in total. The van der Waals surface area contributed by atoms with Crippen molar-refractivity contribution in [1.82, 2.24) is 0 Å². The standard InChI is InChI=1S/C21H35NO/c1-13(22)17-6-7-18-16-5-4-14-12-15(23)8-10-20(14,2)19(16)9-11-21(17,18)3/h4,13,15-19,23H,5-12,22H2,1-3H3/t13?,15?,16-,17+,18-,19-,20-,21+/m0/s1. The van der Waals surface area contributed by atoms with Crippen LogP contribution >= 0.6 is 0 Å². The van der Waals surface area contributed by atoms with E-state index in [1.54, 1.807) is 5.57 Å². The molecule has 2 nitrogen and oxygen atoms in total. The van der Waals surface area contributed by atoms with Gasteiger partial charge in [0.2, 0.25) is 0 Å². The van der Waals surface area contributed by atoms with Crippen molar-refractivity contribution < 1.29 is 5.11 Å². The molecule has 0 heterocycles. The Kier molecular flexibility index (Phi) is 3.74. The van der Waals surface area contributed by atoms with Crippen LogP contribution in [0.3, 0.4) is 0 Å². The van der Waals surface area contributed by atoms with Crippen LogP contribution in [0.5, 0.6) is 0 Å². The molecule has 0 aromatic carbocycles. The molecule has 2 unspecified atom stereocenters. The zero-order chi connectivity index (χ0) is 16.4. The SMILES string of the molecule is CC(N)[C@H]1CC[C@H]2[C@@H]3CC=C4CC(O)CC[C@]4(C)[C@H]3CC[C@]12C. The Balaban J connectivity index is 1.65. The predicted molar refractivity (Wildman–Crippen MR) is 94.8 cm³/mol. The Hall–Kier alpha value is -0.340. The number of allylic oxidation sites excluding steroid dienone is 1. The van der Waals surface area contributed by atoms with E-state index in [1.165, 1.54) is 38.5 Å². The van der Waals surface area contributed by atoms with Crippen molar-refractivity contribution in [3.05, 3.63) is 11.6 Å². The van der Waals surface area contributed by atoms with E-state index in [0.717, 1.165) is 36.5 Å². The fraction of sp³-hybridized carbons (Fsp3) is 0.905. The summed E-state index contributed by atoms with van der Waals surface area (Å²) >= 11 is 0. The van der Waals surface area contributed by atoms with Crippen molar-refractivity contribution in [2.45, 2.75) is 84.3 Å². The molecule has 3 fully saturated rings. The number of hydrogen-bond donors (Lipinski definition) is 2. The molecule has 0 saturated heterocycles. The third-order valence-corrected chi connectivity index (χ3v) is 8.79. The van der Waals surface area contributed by atoms with Gasteiger partial charge in [-0.1, -0.05) is 25.5 Å². The zero-order valence-electron chi connectivity index (χ0n) is 15.2. The van der Waals surface area contributed by atoms with E-state index in [1.807, 2.05) is 0 Å². The van der Waals surface area contributed by atoms with Crippen LogP contribution in [0.25, 0.3) is 0 Å². The number of aliphatic hydroxyl groups excluding tert-OH is 1. The van der Waals surface area contributed by atoms with Gasteiger partial charge in [0.1, 0.15) is 0 Å². The lowest BCUT2D eigenvalue weighted by Crippen LogP contribution is -2.51. The fourth-order valence-electron chi connectivity index (χ4n) is 7.55. The van der Waals surface area contributed by atoms with Gasteiger partial charge in [-0.2, -0.15) is 0 Å². The van der Waals surface area contributed by atoms with E-state index in [9.17, 15) is 5.11 Å². The molecule has 23 heavy (non-hydrogen) atoms. The number of aliphatic hydroxyl groups is 1. The van der Waals surface area contributed by atoms with Gasteiger partial charge >= 0.3 is 0 Å². The van der Waals surface area contributed by atoms with E-state index in [4.69, 9.17) is 5.73 Å². The molecule has 4 aliphatic rings. The summed E-state index contributed by atoms with van der Waals surface area (Å²) in [6.45, 7) is 7.30. The van der Waals surface area contributed by atoms with Gasteiger partial charge in [-0.3, -0.25) is 0 Å². The van der Waals surface area contributed by atoms with Gasteiger partial charge in [0.05, 0.1) is 6.10 Å². The first-order chi connectivity index (χ1) is 10.9. The van der Waals surface area contributed by atoms with Crippen molar-refractivity contribution in [2.24, 2.45) is 40.2 Å². The van der Waals surface area contributed by atoms with Gasteiger partial charge in [0, 0.05) is 6.04 Å². The summed E-state index contributed by atoms with van der Waals surface area (Å²) in [5.74, 6) is 3.31. The van der Waals surface area contributed by atoms with E-state index < -0.39 is 0 Å². The van der Waals surface area contributed by atoms with Crippen molar-refractivity contribution >= 4 is 0 Å². The first-order valence-electron chi connectivity index (χ1n) is 9.99. The molecule has 130 valence electrons. The van der Waals surface area contributed by atoms with Gasteiger partial charge < -0.3 is 10.8 Å². The highest BCUT2D eigenvalue weighted by molar-refractivity contribution is 5.25. The molecule has 0 radical (unpaired) electrons. The van der Waals surface area contributed by atoms with Gasteiger partial charge in [-0.15, -0.1) is 0 Å². The van der Waals surface area contributed by atoms with E-state index in [2.05, 4.69) is 26.8 Å². The second kappa shape index (κ2) is 5.33. The normalized spacial score (nSPS) is 53.8. The second-order valence-corrected chi connectivity index (χ2v) is 9.74. The average Bonchev–Trinajstić information content (AvgIpc) is 2.85. The number of fused-ring (bicyclic) bond motifs is 5. The van der Waals surface area contributed by atoms with Crippen LogP contribution < -0.4 is 5.73 Å². The quantitative estimate of drug-likeness (QED) is 0.709. The monoisotopic (exact) mass is 317 g/mol. The lowest BCUT2D eigenvalue weighted by Gasteiger charge is -2.58. The summed E-state index contributed by atoms with van der Waals surface area (Å²) < 4.78 is 0. The van der Waals surface area contributed by atoms with Gasteiger partial charge in [0.15, 0.2) is 0 Å². The Morgan fingerprint density at radius 3 is 2.65 bits per heavy atom. The van der Waals surface area contributed by atoms with E-state index in [-0.39, 0.29) is 6.10 Å².